The van der Waals surface area contributed by atoms with E-state index in [9.17, 15) is 19.7 Å². The zero-order chi connectivity index (χ0) is 42.3. The number of nitriles is 1. The number of aromatic amines is 1. The van der Waals surface area contributed by atoms with Gasteiger partial charge in [-0.3, -0.25) is 14.3 Å². The largest absolute Gasteiger partial charge is 0.497 e. The molecule has 13 heteroatoms. The summed E-state index contributed by atoms with van der Waals surface area (Å²) in [6, 6.07) is 35.0. The third-order valence-electron chi connectivity index (χ3n) is 10.7. The Morgan fingerprint density at radius 1 is 0.864 bits per heavy atom. The fourth-order valence-electron chi connectivity index (χ4n) is 8.01. The van der Waals surface area contributed by atoms with Crippen LogP contribution in [0.4, 0.5) is 0 Å². The van der Waals surface area contributed by atoms with Gasteiger partial charge in [0.2, 0.25) is 0 Å². The molecular formula is C46H54N4O8P+. The standard InChI is InChI=1S/C46H53N4O8P/c1-31(2)50(32(3)4)59(53,30-35-15-13-34(14-16-35)25-26-47)58-41-27-43(49-28-33(5)44(51)48-45(49)52)57-42(41)29-56-46(36-11-9-8-10-12-36,37-17-21-39(54-6)22-18-37)38-19-23-40(55-7)24-20-38/h8-24,28,31-32,41-43,53H,25,27,29-30H2,1-7H3/p+1/t41-,42+,43+,59?/m0/s1. The molecule has 1 fully saturated rings. The highest BCUT2D eigenvalue weighted by atomic mass is 31.2. The van der Waals surface area contributed by atoms with Crippen LogP contribution in [0.1, 0.15) is 73.7 Å². The average molecular weight is 822 g/mol. The monoisotopic (exact) mass is 821 g/mol. The molecule has 0 radical (unpaired) electrons. The summed E-state index contributed by atoms with van der Waals surface area (Å²) in [7, 11) is -0.233. The van der Waals surface area contributed by atoms with Gasteiger partial charge >= 0.3 is 13.6 Å². The number of rotatable bonds is 17. The number of aromatic nitrogens is 2. The summed E-state index contributed by atoms with van der Waals surface area (Å²) in [6.07, 6.45) is -0.266. The van der Waals surface area contributed by atoms with Crippen molar-refractivity contribution in [3.8, 4) is 17.6 Å². The average Bonchev–Trinajstić information content (AvgIpc) is 3.62. The van der Waals surface area contributed by atoms with Crippen molar-refractivity contribution in [2.45, 2.75) is 89.7 Å². The zero-order valence-corrected chi connectivity index (χ0v) is 35.6. The molecule has 0 spiro atoms. The Bertz CT molecular complexity index is 2250. The molecular weight excluding hydrogens is 767 g/mol. The molecule has 0 aliphatic carbocycles. The lowest BCUT2D eigenvalue weighted by atomic mass is 9.80. The lowest BCUT2D eigenvalue weighted by molar-refractivity contribution is -0.0929. The number of hydrogen-bond donors (Lipinski definition) is 2. The maximum atomic E-state index is 13.3. The number of methoxy groups -OCH3 is 2. The molecule has 5 aromatic rings. The van der Waals surface area contributed by atoms with Gasteiger partial charge in [-0.15, -0.1) is 4.67 Å². The predicted octanol–water partition coefficient (Wildman–Crippen LogP) is 7.68. The van der Waals surface area contributed by atoms with E-state index in [-0.39, 0.29) is 37.7 Å². The van der Waals surface area contributed by atoms with Crippen molar-refractivity contribution in [1.29, 1.82) is 5.26 Å². The first-order chi connectivity index (χ1) is 28.3. The van der Waals surface area contributed by atoms with Gasteiger partial charge in [0.15, 0.2) is 6.16 Å². The lowest BCUT2D eigenvalue weighted by Crippen LogP contribution is -2.42. The minimum Gasteiger partial charge on any atom is -0.497 e. The van der Waals surface area contributed by atoms with Crippen molar-refractivity contribution >= 4 is 7.87 Å². The molecule has 1 saturated heterocycles. The Morgan fingerprint density at radius 3 is 1.93 bits per heavy atom. The van der Waals surface area contributed by atoms with E-state index >= 15 is 0 Å². The third-order valence-corrected chi connectivity index (χ3v) is 13.7. The molecule has 6 rings (SSSR count). The van der Waals surface area contributed by atoms with Crippen molar-refractivity contribution in [2.75, 3.05) is 20.8 Å². The molecule has 1 unspecified atom stereocenters. The molecule has 0 bridgehead atoms. The Kier molecular flexibility index (Phi) is 13.9. The van der Waals surface area contributed by atoms with Crippen LogP contribution in [-0.4, -0.2) is 64.2 Å². The predicted molar refractivity (Wildman–Crippen MR) is 228 cm³/mol. The highest BCUT2D eigenvalue weighted by Crippen LogP contribution is 2.65. The summed E-state index contributed by atoms with van der Waals surface area (Å²) in [5, 5.41) is 9.25. The fraction of sp³-hybridized carbons (Fsp3) is 0.370. The summed E-state index contributed by atoms with van der Waals surface area (Å²) >= 11 is 0. The second kappa shape index (κ2) is 18.9. The second-order valence-electron chi connectivity index (χ2n) is 15.3. The number of aryl methyl sites for hydroxylation is 1. The van der Waals surface area contributed by atoms with Gasteiger partial charge in [0.25, 0.3) is 5.56 Å². The molecule has 1 aliphatic heterocycles. The lowest BCUT2D eigenvalue weighted by Gasteiger charge is -2.38. The molecule has 4 atom stereocenters. The Hall–Kier alpha value is -5.12. The summed E-state index contributed by atoms with van der Waals surface area (Å²) in [6.45, 7) is 9.71. The van der Waals surface area contributed by atoms with Crippen molar-refractivity contribution < 1.29 is 28.4 Å². The van der Waals surface area contributed by atoms with Gasteiger partial charge in [-0.2, -0.15) is 9.79 Å². The van der Waals surface area contributed by atoms with Gasteiger partial charge in [-0.1, -0.05) is 78.9 Å². The van der Waals surface area contributed by atoms with Crippen LogP contribution >= 0.6 is 7.87 Å². The second-order valence-corrected chi connectivity index (χ2v) is 17.7. The highest BCUT2D eigenvalue weighted by molar-refractivity contribution is 7.62. The van der Waals surface area contributed by atoms with Crippen LogP contribution < -0.4 is 20.7 Å². The fourth-order valence-corrected chi connectivity index (χ4v) is 11.1. The van der Waals surface area contributed by atoms with E-state index in [2.05, 4.69) is 11.1 Å². The van der Waals surface area contributed by atoms with Crippen LogP contribution in [0.5, 0.6) is 11.5 Å². The van der Waals surface area contributed by atoms with Crippen molar-refractivity contribution in [1.82, 2.24) is 14.2 Å². The molecule has 12 nitrogen and oxygen atoms in total. The minimum absolute atomic E-state index is 0.0303. The van der Waals surface area contributed by atoms with Crippen molar-refractivity contribution in [3.63, 3.8) is 0 Å². The van der Waals surface area contributed by atoms with E-state index in [0.717, 1.165) is 27.8 Å². The van der Waals surface area contributed by atoms with Crippen molar-refractivity contribution in [2.24, 2.45) is 0 Å². The van der Waals surface area contributed by atoms with E-state index in [1.165, 1.54) is 10.8 Å². The molecule has 59 heavy (non-hydrogen) atoms. The first-order valence-electron chi connectivity index (χ1n) is 19.8. The van der Waals surface area contributed by atoms with Crippen LogP contribution in [0.25, 0.3) is 0 Å². The Labute approximate surface area is 346 Å². The smallest absolute Gasteiger partial charge is 0.350 e. The SMILES string of the molecule is COc1ccc(C(OC[C@H]2O[C@@H](n3cc(C)c(=O)[nH]c3=O)C[C@@H]2O[P+](O)(Cc2ccc(CC#N)cc2)N(C(C)C)C(C)C)(c2ccccc2)c2ccc(OC)cc2)cc1. The van der Waals surface area contributed by atoms with E-state index in [1.54, 1.807) is 21.1 Å². The van der Waals surface area contributed by atoms with E-state index in [1.807, 2.05) is 135 Å². The maximum absolute atomic E-state index is 13.3. The Morgan fingerprint density at radius 2 is 1.41 bits per heavy atom. The normalized spacial score (nSPS) is 17.9. The quantitative estimate of drug-likeness (QED) is 0.0707. The first kappa shape index (κ1) is 43.5. The molecule has 310 valence electrons. The molecule has 2 N–H and O–H groups in total. The Balaban J connectivity index is 1.46. The van der Waals surface area contributed by atoms with Crippen LogP contribution in [0.3, 0.4) is 0 Å². The van der Waals surface area contributed by atoms with E-state index < -0.39 is 43.2 Å². The van der Waals surface area contributed by atoms with E-state index in [0.29, 0.717) is 17.1 Å². The summed E-state index contributed by atoms with van der Waals surface area (Å²) < 4.78 is 35.6. The minimum atomic E-state index is -3.47. The highest BCUT2D eigenvalue weighted by Gasteiger charge is 2.55. The van der Waals surface area contributed by atoms with Crippen LogP contribution in [0.15, 0.2) is 119 Å². The van der Waals surface area contributed by atoms with Crippen LogP contribution in [0, 0.1) is 18.3 Å². The summed E-state index contributed by atoms with van der Waals surface area (Å²) in [4.78, 5) is 41.2. The van der Waals surface area contributed by atoms with Crippen LogP contribution in [-0.2, 0) is 32.2 Å². The van der Waals surface area contributed by atoms with E-state index in [4.69, 9.17) is 23.5 Å². The zero-order valence-electron chi connectivity index (χ0n) is 34.7. The number of ether oxygens (including phenoxy) is 4. The number of hydrogen-bond acceptors (Lipinski definition) is 10. The van der Waals surface area contributed by atoms with Gasteiger partial charge in [-0.05, 0) is 86.7 Å². The molecule has 0 saturated carbocycles. The topological polar surface area (TPSA) is 148 Å². The van der Waals surface area contributed by atoms with Gasteiger partial charge < -0.3 is 18.9 Å². The van der Waals surface area contributed by atoms with Gasteiger partial charge in [0.1, 0.15) is 35.5 Å². The number of nitrogens with zero attached hydrogens (tertiary/aromatic N) is 3. The molecule has 4 aromatic carbocycles. The summed E-state index contributed by atoms with van der Waals surface area (Å²) in [5.41, 5.74) is 2.30. The van der Waals surface area contributed by atoms with Gasteiger partial charge in [0.05, 0.1) is 33.3 Å². The molecule has 2 heterocycles. The molecule has 1 aliphatic rings. The summed E-state index contributed by atoms with van der Waals surface area (Å²) in [5.74, 6) is 1.37. The number of benzene rings is 4. The van der Waals surface area contributed by atoms with Gasteiger partial charge in [-0.25, -0.2) is 9.69 Å². The molecule has 1 aromatic heterocycles. The number of nitrogens with one attached hydrogen (secondary N) is 1. The number of H-pyrrole nitrogens is 1. The third kappa shape index (κ3) is 9.53. The maximum Gasteiger partial charge on any atom is 0.350 e. The van der Waals surface area contributed by atoms with Crippen LogP contribution in [0.2, 0.25) is 0 Å². The van der Waals surface area contributed by atoms with Gasteiger partial charge in [0, 0.05) is 30.3 Å². The first-order valence-corrected chi connectivity index (χ1v) is 21.6. The molecule has 0 amide bonds. The van der Waals surface area contributed by atoms with Crippen molar-refractivity contribution in [3.05, 3.63) is 164 Å².